The molecular weight excluding hydrogens is 292 g/mol. The molecule has 0 aliphatic carbocycles. The monoisotopic (exact) mass is 311 g/mol. The molecule has 0 aromatic heterocycles. The molecule has 0 spiro atoms. The highest BCUT2D eigenvalue weighted by molar-refractivity contribution is 5.95. The van der Waals surface area contributed by atoms with Crippen LogP contribution in [0.1, 0.15) is 18.5 Å². The van der Waals surface area contributed by atoms with Gasteiger partial charge >= 0.3 is 6.03 Å². The van der Waals surface area contributed by atoms with E-state index in [0.717, 1.165) is 12.1 Å². The largest absolute Gasteiger partial charge is 0.334 e. The maximum atomic E-state index is 13.2. The van der Waals surface area contributed by atoms with Gasteiger partial charge in [-0.2, -0.15) is 0 Å². The highest BCUT2D eigenvalue weighted by Gasteiger charge is 2.17. The van der Waals surface area contributed by atoms with Crippen molar-refractivity contribution in [3.8, 4) is 0 Å². The number of benzene rings is 1. The Labute approximate surface area is 128 Å². The summed E-state index contributed by atoms with van der Waals surface area (Å²) in [5.74, 6) is -2.36. The Kier molecular flexibility index (Phi) is 6.65. The van der Waals surface area contributed by atoms with Crippen LogP contribution >= 0.6 is 0 Å². The Morgan fingerprint density at radius 3 is 2.64 bits per heavy atom. The van der Waals surface area contributed by atoms with Gasteiger partial charge in [0.25, 0.3) is 0 Å². The number of carbonyl (C=O) groups excluding carboxylic acids is 2. The standard InChI is InChI=1S/C15H19F2N3O2/c1-4-7-18-15(22)19-14(21)9-20(3)10(2)11-5-6-12(16)13(17)8-11/h4-6,8,10H,1,7,9H2,2-3H3,(H2,18,19,21,22). The van der Waals surface area contributed by atoms with Gasteiger partial charge in [-0.3, -0.25) is 15.0 Å². The fraction of sp³-hybridized carbons (Fsp3) is 0.333. The van der Waals surface area contributed by atoms with Gasteiger partial charge in [-0.25, -0.2) is 13.6 Å². The van der Waals surface area contributed by atoms with E-state index in [4.69, 9.17) is 0 Å². The predicted molar refractivity (Wildman–Crippen MR) is 79.1 cm³/mol. The minimum Gasteiger partial charge on any atom is -0.334 e. The number of amides is 3. The summed E-state index contributed by atoms with van der Waals surface area (Å²) in [5, 5.41) is 4.57. The average molecular weight is 311 g/mol. The van der Waals surface area contributed by atoms with Crippen LogP contribution in [0.4, 0.5) is 13.6 Å². The zero-order valence-corrected chi connectivity index (χ0v) is 12.5. The van der Waals surface area contributed by atoms with Gasteiger partial charge in [0.2, 0.25) is 5.91 Å². The molecule has 0 bridgehead atoms. The third-order valence-electron chi connectivity index (χ3n) is 3.14. The average Bonchev–Trinajstić information content (AvgIpc) is 2.46. The first kappa shape index (κ1) is 17.8. The summed E-state index contributed by atoms with van der Waals surface area (Å²) in [7, 11) is 1.65. The van der Waals surface area contributed by atoms with Crippen LogP contribution < -0.4 is 10.6 Å². The lowest BCUT2D eigenvalue weighted by atomic mass is 10.1. The quantitative estimate of drug-likeness (QED) is 0.790. The summed E-state index contributed by atoms with van der Waals surface area (Å²) in [5.41, 5.74) is 0.533. The molecule has 1 aromatic rings. The van der Waals surface area contributed by atoms with Gasteiger partial charge in [-0.1, -0.05) is 12.1 Å². The highest BCUT2D eigenvalue weighted by Crippen LogP contribution is 2.20. The molecule has 1 atom stereocenters. The second kappa shape index (κ2) is 8.23. The molecule has 1 unspecified atom stereocenters. The molecule has 2 N–H and O–H groups in total. The molecule has 0 radical (unpaired) electrons. The van der Waals surface area contributed by atoms with E-state index in [-0.39, 0.29) is 19.1 Å². The van der Waals surface area contributed by atoms with E-state index in [1.54, 1.807) is 18.9 Å². The van der Waals surface area contributed by atoms with E-state index in [2.05, 4.69) is 17.2 Å². The number of halogens is 2. The van der Waals surface area contributed by atoms with Crippen molar-refractivity contribution < 1.29 is 18.4 Å². The van der Waals surface area contributed by atoms with E-state index in [0.29, 0.717) is 5.56 Å². The van der Waals surface area contributed by atoms with E-state index in [9.17, 15) is 18.4 Å². The number of carbonyl (C=O) groups is 2. The molecule has 7 heteroatoms. The normalized spacial score (nSPS) is 11.9. The minimum absolute atomic E-state index is 0.0678. The predicted octanol–water partition coefficient (Wildman–Crippen LogP) is 1.97. The molecule has 0 aliphatic rings. The number of hydrogen-bond donors (Lipinski definition) is 2. The van der Waals surface area contributed by atoms with Crippen LogP contribution in [0.25, 0.3) is 0 Å². The molecule has 0 fully saturated rings. The zero-order chi connectivity index (χ0) is 16.7. The topological polar surface area (TPSA) is 61.4 Å². The zero-order valence-electron chi connectivity index (χ0n) is 12.5. The first-order chi connectivity index (χ1) is 10.3. The van der Waals surface area contributed by atoms with Crippen molar-refractivity contribution in [1.29, 1.82) is 0 Å². The molecule has 3 amide bonds. The minimum atomic E-state index is -0.939. The Bertz CT molecular complexity index is 564. The first-order valence-electron chi connectivity index (χ1n) is 6.69. The summed E-state index contributed by atoms with van der Waals surface area (Å²) >= 11 is 0. The van der Waals surface area contributed by atoms with Crippen LogP contribution in [-0.2, 0) is 4.79 Å². The molecule has 0 aliphatic heterocycles. The van der Waals surface area contributed by atoms with Gasteiger partial charge in [-0.05, 0) is 31.7 Å². The first-order valence-corrected chi connectivity index (χ1v) is 6.69. The van der Waals surface area contributed by atoms with Crippen LogP contribution in [-0.4, -0.2) is 37.0 Å². The van der Waals surface area contributed by atoms with Gasteiger partial charge in [0.1, 0.15) is 0 Å². The maximum absolute atomic E-state index is 13.2. The Morgan fingerprint density at radius 2 is 2.05 bits per heavy atom. The number of likely N-dealkylation sites (N-methyl/N-ethyl adjacent to an activating group) is 1. The molecule has 1 aromatic carbocycles. The molecule has 5 nitrogen and oxygen atoms in total. The Hall–Kier alpha value is -2.28. The fourth-order valence-corrected chi connectivity index (χ4v) is 1.77. The van der Waals surface area contributed by atoms with Crippen LogP contribution in [0.5, 0.6) is 0 Å². The number of imide groups is 1. The number of nitrogens with one attached hydrogen (secondary N) is 2. The summed E-state index contributed by atoms with van der Waals surface area (Å²) in [6, 6.07) is 2.65. The number of rotatable bonds is 6. The van der Waals surface area contributed by atoms with Crippen molar-refractivity contribution in [2.45, 2.75) is 13.0 Å². The van der Waals surface area contributed by atoms with Gasteiger partial charge < -0.3 is 5.32 Å². The lowest BCUT2D eigenvalue weighted by molar-refractivity contribution is -0.121. The molecule has 0 heterocycles. The molecule has 0 saturated carbocycles. The molecule has 120 valence electrons. The van der Waals surface area contributed by atoms with Crippen molar-refractivity contribution in [2.24, 2.45) is 0 Å². The van der Waals surface area contributed by atoms with E-state index < -0.39 is 23.6 Å². The second-order valence-corrected chi connectivity index (χ2v) is 4.81. The summed E-state index contributed by atoms with van der Waals surface area (Å²) in [6.45, 7) is 5.37. The second-order valence-electron chi connectivity index (χ2n) is 4.81. The summed E-state index contributed by atoms with van der Waals surface area (Å²) in [6.07, 6.45) is 1.49. The smallest absolute Gasteiger partial charge is 0.321 e. The van der Waals surface area contributed by atoms with Crippen molar-refractivity contribution in [2.75, 3.05) is 20.1 Å². The van der Waals surface area contributed by atoms with E-state index in [1.165, 1.54) is 12.1 Å². The number of nitrogens with zero attached hydrogens (tertiary/aromatic N) is 1. The fourth-order valence-electron chi connectivity index (χ4n) is 1.77. The molecule has 0 saturated heterocycles. The van der Waals surface area contributed by atoms with Gasteiger partial charge in [0.05, 0.1) is 6.54 Å². The highest BCUT2D eigenvalue weighted by atomic mass is 19.2. The van der Waals surface area contributed by atoms with Crippen LogP contribution in [0.15, 0.2) is 30.9 Å². The van der Waals surface area contributed by atoms with Crippen molar-refractivity contribution >= 4 is 11.9 Å². The van der Waals surface area contributed by atoms with E-state index >= 15 is 0 Å². The van der Waals surface area contributed by atoms with Crippen molar-refractivity contribution in [3.63, 3.8) is 0 Å². The maximum Gasteiger partial charge on any atom is 0.321 e. The molecular formula is C15H19F2N3O2. The van der Waals surface area contributed by atoms with Crippen LogP contribution in [0.2, 0.25) is 0 Å². The Morgan fingerprint density at radius 1 is 1.36 bits per heavy atom. The lowest BCUT2D eigenvalue weighted by Gasteiger charge is -2.24. The van der Waals surface area contributed by atoms with Crippen LogP contribution in [0, 0.1) is 11.6 Å². The molecule has 1 rings (SSSR count). The lowest BCUT2D eigenvalue weighted by Crippen LogP contribution is -2.44. The summed E-state index contributed by atoms with van der Waals surface area (Å²) < 4.78 is 26.1. The summed E-state index contributed by atoms with van der Waals surface area (Å²) in [4.78, 5) is 24.6. The third kappa shape index (κ3) is 5.25. The van der Waals surface area contributed by atoms with Crippen molar-refractivity contribution in [1.82, 2.24) is 15.5 Å². The van der Waals surface area contributed by atoms with E-state index in [1.807, 2.05) is 0 Å². The molecule has 22 heavy (non-hydrogen) atoms. The van der Waals surface area contributed by atoms with Gasteiger partial charge in [-0.15, -0.1) is 6.58 Å². The number of hydrogen-bond acceptors (Lipinski definition) is 3. The van der Waals surface area contributed by atoms with Gasteiger partial charge in [0.15, 0.2) is 11.6 Å². The Balaban J connectivity index is 2.57. The van der Waals surface area contributed by atoms with Gasteiger partial charge in [0, 0.05) is 12.6 Å². The number of urea groups is 1. The van der Waals surface area contributed by atoms with Crippen LogP contribution in [0.3, 0.4) is 0 Å². The van der Waals surface area contributed by atoms with Crippen molar-refractivity contribution in [3.05, 3.63) is 48.1 Å². The SMILES string of the molecule is C=CCNC(=O)NC(=O)CN(C)C(C)c1ccc(F)c(F)c1. The third-order valence-corrected chi connectivity index (χ3v) is 3.14.